The molecule has 0 unspecified atom stereocenters. The van der Waals surface area contributed by atoms with E-state index in [0.717, 1.165) is 5.69 Å². The predicted molar refractivity (Wildman–Crippen MR) is 69.7 cm³/mol. The third-order valence-electron chi connectivity index (χ3n) is 2.61. The van der Waals surface area contributed by atoms with Crippen LogP contribution in [0.5, 0.6) is 0 Å². The van der Waals surface area contributed by atoms with Crippen LogP contribution in [-0.2, 0) is 29.6 Å². The van der Waals surface area contributed by atoms with Crippen molar-refractivity contribution in [2.45, 2.75) is 19.9 Å². The molecule has 3 N–H and O–H groups in total. The summed E-state index contributed by atoms with van der Waals surface area (Å²) in [6.07, 6.45) is 0.682. The Morgan fingerprint density at radius 3 is 2.53 bits per heavy atom. The van der Waals surface area contributed by atoms with Crippen LogP contribution in [0.4, 0.5) is 0 Å². The standard InChI is InChI=1S/C11H17ClN4O3/c1-3-7-11(12)8(15(2)14-7)4-16(5-9(13)17)6-10(18)19/h3-6H2,1-2H3,(H2,13,17)(H,18,19). The first-order chi connectivity index (χ1) is 8.85. The number of carbonyl (C=O) groups is 2. The van der Waals surface area contributed by atoms with Gasteiger partial charge in [-0.15, -0.1) is 0 Å². The fourth-order valence-corrected chi connectivity index (χ4v) is 2.14. The molecule has 1 aromatic heterocycles. The van der Waals surface area contributed by atoms with Gasteiger partial charge in [0.05, 0.1) is 29.5 Å². The number of aromatic nitrogens is 2. The Labute approximate surface area is 115 Å². The van der Waals surface area contributed by atoms with Crippen LogP contribution in [0.2, 0.25) is 5.02 Å². The van der Waals surface area contributed by atoms with Gasteiger partial charge < -0.3 is 10.8 Å². The van der Waals surface area contributed by atoms with Gasteiger partial charge in [-0.2, -0.15) is 5.10 Å². The molecule has 0 saturated carbocycles. The third-order valence-corrected chi connectivity index (χ3v) is 3.05. The Balaban J connectivity index is 2.92. The van der Waals surface area contributed by atoms with Crippen LogP contribution in [0, 0.1) is 0 Å². The first-order valence-electron chi connectivity index (χ1n) is 5.77. The summed E-state index contributed by atoms with van der Waals surface area (Å²) in [5.74, 6) is -1.62. The molecular weight excluding hydrogens is 272 g/mol. The van der Waals surface area contributed by atoms with Crippen LogP contribution < -0.4 is 5.73 Å². The van der Waals surface area contributed by atoms with E-state index in [9.17, 15) is 9.59 Å². The Hall–Kier alpha value is -1.60. The van der Waals surface area contributed by atoms with Gasteiger partial charge in [-0.05, 0) is 6.42 Å². The molecule has 0 aliphatic carbocycles. The highest BCUT2D eigenvalue weighted by atomic mass is 35.5. The molecule has 7 nitrogen and oxygen atoms in total. The van der Waals surface area contributed by atoms with Crippen molar-refractivity contribution in [1.29, 1.82) is 0 Å². The minimum atomic E-state index is -1.03. The molecule has 0 fully saturated rings. The van der Waals surface area contributed by atoms with E-state index in [4.69, 9.17) is 22.4 Å². The highest BCUT2D eigenvalue weighted by Gasteiger charge is 2.19. The monoisotopic (exact) mass is 288 g/mol. The molecule has 0 atom stereocenters. The number of hydrogen-bond donors (Lipinski definition) is 2. The van der Waals surface area contributed by atoms with Crippen molar-refractivity contribution in [2.75, 3.05) is 13.1 Å². The zero-order valence-electron chi connectivity index (χ0n) is 10.9. The van der Waals surface area contributed by atoms with E-state index >= 15 is 0 Å². The topological polar surface area (TPSA) is 101 Å². The van der Waals surface area contributed by atoms with E-state index in [-0.39, 0.29) is 19.6 Å². The van der Waals surface area contributed by atoms with E-state index in [1.54, 1.807) is 11.7 Å². The molecule has 1 heterocycles. The number of nitrogens with two attached hydrogens (primary N) is 1. The highest BCUT2D eigenvalue weighted by molar-refractivity contribution is 6.31. The van der Waals surface area contributed by atoms with Crippen molar-refractivity contribution in [3.63, 3.8) is 0 Å². The largest absolute Gasteiger partial charge is 0.480 e. The van der Waals surface area contributed by atoms with Gasteiger partial charge in [-0.1, -0.05) is 18.5 Å². The van der Waals surface area contributed by atoms with Crippen molar-refractivity contribution in [3.05, 3.63) is 16.4 Å². The molecule has 0 aliphatic rings. The number of hydrogen-bond acceptors (Lipinski definition) is 4. The second-order valence-electron chi connectivity index (χ2n) is 4.19. The minimum absolute atomic E-state index is 0.144. The number of rotatable bonds is 7. The van der Waals surface area contributed by atoms with Gasteiger partial charge in [-0.25, -0.2) is 0 Å². The van der Waals surface area contributed by atoms with E-state index in [1.807, 2.05) is 6.92 Å². The smallest absolute Gasteiger partial charge is 0.317 e. The lowest BCUT2D eigenvalue weighted by molar-refractivity contribution is -0.138. The van der Waals surface area contributed by atoms with E-state index in [2.05, 4.69) is 5.10 Å². The van der Waals surface area contributed by atoms with Gasteiger partial charge in [0, 0.05) is 13.6 Å². The van der Waals surface area contributed by atoms with Crippen molar-refractivity contribution < 1.29 is 14.7 Å². The average Bonchev–Trinajstić information content (AvgIpc) is 2.54. The van der Waals surface area contributed by atoms with Crippen LogP contribution in [0.15, 0.2) is 0 Å². The van der Waals surface area contributed by atoms with Crippen LogP contribution in [0.25, 0.3) is 0 Å². The number of halogens is 1. The molecule has 0 bridgehead atoms. The summed E-state index contributed by atoms with van der Waals surface area (Å²) in [7, 11) is 1.73. The maximum absolute atomic E-state index is 10.9. The number of aryl methyl sites for hydroxylation is 2. The molecule has 1 aromatic rings. The molecule has 19 heavy (non-hydrogen) atoms. The molecule has 0 aromatic carbocycles. The highest BCUT2D eigenvalue weighted by Crippen LogP contribution is 2.22. The summed E-state index contributed by atoms with van der Waals surface area (Å²) in [4.78, 5) is 23.1. The molecule has 8 heteroatoms. The molecule has 1 amide bonds. The maximum atomic E-state index is 10.9. The summed E-state index contributed by atoms with van der Waals surface area (Å²) in [5.41, 5.74) is 6.51. The molecule has 0 aliphatic heterocycles. The van der Waals surface area contributed by atoms with Gasteiger partial charge in [-0.3, -0.25) is 19.2 Å². The Bertz CT molecular complexity index is 471. The summed E-state index contributed by atoms with van der Waals surface area (Å²) < 4.78 is 1.59. The van der Waals surface area contributed by atoms with Crippen molar-refractivity contribution in [3.8, 4) is 0 Å². The normalized spacial score (nSPS) is 10.9. The van der Waals surface area contributed by atoms with Crippen molar-refractivity contribution in [2.24, 2.45) is 12.8 Å². The quantitative estimate of drug-likeness (QED) is 0.736. The molecule has 0 saturated heterocycles. The predicted octanol–water partition coefficient (Wildman–Crippen LogP) is 0.00780. The lowest BCUT2D eigenvalue weighted by atomic mass is 10.3. The van der Waals surface area contributed by atoms with Crippen LogP contribution in [-0.4, -0.2) is 44.8 Å². The zero-order valence-corrected chi connectivity index (χ0v) is 11.6. The van der Waals surface area contributed by atoms with Gasteiger partial charge in [0.1, 0.15) is 0 Å². The second kappa shape index (κ2) is 6.53. The van der Waals surface area contributed by atoms with Crippen molar-refractivity contribution >= 4 is 23.5 Å². The maximum Gasteiger partial charge on any atom is 0.317 e. The van der Waals surface area contributed by atoms with Gasteiger partial charge in [0.2, 0.25) is 5.91 Å². The SMILES string of the molecule is CCc1nn(C)c(CN(CC(N)=O)CC(=O)O)c1Cl. The van der Waals surface area contributed by atoms with Crippen LogP contribution in [0.3, 0.4) is 0 Å². The number of aliphatic carboxylic acids is 1. The first-order valence-corrected chi connectivity index (χ1v) is 6.15. The van der Waals surface area contributed by atoms with E-state index in [0.29, 0.717) is 17.1 Å². The second-order valence-corrected chi connectivity index (χ2v) is 4.57. The van der Waals surface area contributed by atoms with E-state index < -0.39 is 11.9 Å². The Morgan fingerprint density at radius 1 is 1.47 bits per heavy atom. The summed E-state index contributed by atoms with van der Waals surface area (Å²) in [5, 5.41) is 13.6. The Morgan fingerprint density at radius 2 is 2.11 bits per heavy atom. The van der Waals surface area contributed by atoms with Crippen LogP contribution in [0.1, 0.15) is 18.3 Å². The molecule has 0 spiro atoms. The number of carbonyl (C=O) groups excluding carboxylic acids is 1. The first kappa shape index (κ1) is 15.5. The minimum Gasteiger partial charge on any atom is -0.480 e. The van der Waals surface area contributed by atoms with Gasteiger partial charge >= 0.3 is 5.97 Å². The lowest BCUT2D eigenvalue weighted by Gasteiger charge is -2.18. The number of nitrogens with zero attached hydrogens (tertiary/aromatic N) is 3. The number of carboxylic acids is 1. The van der Waals surface area contributed by atoms with Crippen molar-refractivity contribution in [1.82, 2.24) is 14.7 Å². The third kappa shape index (κ3) is 4.22. The van der Waals surface area contributed by atoms with Gasteiger partial charge in [0.25, 0.3) is 0 Å². The Kier molecular flexibility index (Phi) is 5.31. The summed E-state index contributed by atoms with van der Waals surface area (Å²) in [6, 6.07) is 0. The fourth-order valence-electron chi connectivity index (χ4n) is 1.78. The molecule has 106 valence electrons. The number of primary amides is 1. The fraction of sp³-hybridized carbons (Fsp3) is 0.545. The molecule has 1 rings (SSSR count). The van der Waals surface area contributed by atoms with Gasteiger partial charge in [0.15, 0.2) is 0 Å². The lowest BCUT2D eigenvalue weighted by Crippen LogP contribution is -2.37. The van der Waals surface area contributed by atoms with E-state index in [1.165, 1.54) is 4.90 Å². The summed E-state index contributed by atoms with van der Waals surface area (Å²) >= 11 is 6.17. The van der Waals surface area contributed by atoms with Crippen LogP contribution >= 0.6 is 11.6 Å². The molecular formula is C11H17ClN4O3. The molecule has 0 radical (unpaired) electrons. The summed E-state index contributed by atoms with van der Waals surface area (Å²) in [6.45, 7) is 1.70. The number of amides is 1. The average molecular weight is 289 g/mol. The number of carboxylic acid groups (broad SMARTS) is 1. The zero-order chi connectivity index (χ0) is 14.6.